The molecule has 2 aromatic carbocycles. The van der Waals surface area contributed by atoms with Crippen molar-refractivity contribution in [2.45, 2.75) is 6.92 Å². The highest BCUT2D eigenvalue weighted by atomic mass is 32.1. The number of methoxy groups -OCH3 is 1. The summed E-state index contributed by atoms with van der Waals surface area (Å²) in [7, 11) is 3.52. The molecule has 1 amide bonds. The standard InChI is InChI=1S/C25H27FN6O2S/c1-17-23-24(32(28-17)18-8-10-19(34-3)11-9-18)27-25(35-23)29(2)16-22(33)31-14-12-30(13-15-31)21-7-5-4-6-20(21)26/h4-11H,12-16H2,1-3H3. The number of hydrogen-bond donors (Lipinski definition) is 0. The van der Waals surface area contributed by atoms with Crippen LogP contribution in [0.15, 0.2) is 48.5 Å². The van der Waals surface area contributed by atoms with Crippen LogP contribution in [0, 0.1) is 12.7 Å². The number of ether oxygens (including phenoxy) is 1. The normalized spacial score (nSPS) is 13.9. The molecule has 2 aromatic heterocycles. The smallest absolute Gasteiger partial charge is 0.242 e. The lowest BCUT2D eigenvalue weighted by molar-refractivity contribution is -0.129. The fourth-order valence-corrected chi connectivity index (χ4v) is 5.21. The number of benzene rings is 2. The topological polar surface area (TPSA) is 66.7 Å². The van der Waals surface area contributed by atoms with Crippen molar-refractivity contribution in [3.05, 3.63) is 60.0 Å². The van der Waals surface area contributed by atoms with E-state index < -0.39 is 0 Å². The van der Waals surface area contributed by atoms with Crippen LogP contribution in [0.5, 0.6) is 5.75 Å². The molecule has 1 fully saturated rings. The SMILES string of the molecule is COc1ccc(-n2nc(C)c3sc(N(C)CC(=O)N4CCN(c5ccccc5F)CC4)nc32)cc1. The molecule has 10 heteroatoms. The second-order valence-electron chi connectivity index (χ2n) is 8.52. The third-order valence-corrected chi connectivity index (χ3v) is 7.49. The molecule has 1 aliphatic heterocycles. The van der Waals surface area contributed by atoms with Crippen molar-refractivity contribution in [1.29, 1.82) is 0 Å². The van der Waals surface area contributed by atoms with Gasteiger partial charge in [-0.3, -0.25) is 4.79 Å². The number of amides is 1. The highest BCUT2D eigenvalue weighted by Gasteiger charge is 2.25. The zero-order valence-electron chi connectivity index (χ0n) is 19.9. The number of anilines is 2. The van der Waals surface area contributed by atoms with Crippen LogP contribution in [0.2, 0.25) is 0 Å². The number of fused-ring (bicyclic) bond motifs is 1. The minimum atomic E-state index is -0.230. The van der Waals surface area contributed by atoms with Gasteiger partial charge >= 0.3 is 0 Å². The number of likely N-dealkylation sites (N-methyl/N-ethyl adjacent to an activating group) is 1. The molecular weight excluding hydrogens is 467 g/mol. The fraction of sp³-hybridized carbons (Fsp3) is 0.320. The Balaban J connectivity index is 1.26. The third-order valence-electron chi connectivity index (χ3n) is 6.22. The first-order chi connectivity index (χ1) is 16.9. The number of aromatic nitrogens is 3. The summed E-state index contributed by atoms with van der Waals surface area (Å²) in [5.41, 5.74) is 3.15. The van der Waals surface area contributed by atoms with Gasteiger partial charge in [-0.2, -0.15) is 10.1 Å². The number of thiazole rings is 1. The van der Waals surface area contributed by atoms with Crippen molar-refractivity contribution in [2.75, 3.05) is 56.7 Å². The summed E-state index contributed by atoms with van der Waals surface area (Å²) >= 11 is 1.53. The number of hydrogen-bond acceptors (Lipinski definition) is 7. The van der Waals surface area contributed by atoms with Crippen LogP contribution in [0.25, 0.3) is 16.0 Å². The third kappa shape index (κ3) is 4.53. The van der Waals surface area contributed by atoms with Gasteiger partial charge in [-0.15, -0.1) is 0 Å². The zero-order chi connectivity index (χ0) is 24.5. The van der Waals surface area contributed by atoms with E-state index in [9.17, 15) is 9.18 Å². The van der Waals surface area contributed by atoms with Crippen molar-refractivity contribution in [1.82, 2.24) is 19.7 Å². The number of nitrogens with zero attached hydrogens (tertiary/aromatic N) is 6. The second-order valence-corrected chi connectivity index (χ2v) is 9.50. The maximum atomic E-state index is 14.1. The van der Waals surface area contributed by atoms with Gasteiger partial charge in [0.1, 0.15) is 11.6 Å². The molecular formula is C25H27FN6O2S. The maximum absolute atomic E-state index is 14.1. The number of carbonyl (C=O) groups excluding carboxylic acids is 1. The molecule has 0 atom stereocenters. The Morgan fingerprint density at radius 1 is 1.11 bits per heavy atom. The van der Waals surface area contributed by atoms with Crippen molar-refractivity contribution >= 4 is 38.4 Å². The van der Waals surface area contributed by atoms with Crippen LogP contribution in [0.1, 0.15) is 5.69 Å². The van der Waals surface area contributed by atoms with Crippen LogP contribution in [0.4, 0.5) is 15.2 Å². The van der Waals surface area contributed by atoms with Crippen LogP contribution in [0.3, 0.4) is 0 Å². The summed E-state index contributed by atoms with van der Waals surface area (Å²) in [5, 5.41) is 5.41. The Kier molecular flexibility index (Phi) is 6.29. The Hall–Kier alpha value is -3.66. The molecule has 0 spiro atoms. The lowest BCUT2D eigenvalue weighted by Gasteiger charge is -2.36. The van der Waals surface area contributed by atoms with Gasteiger partial charge in [0.05, 0.1) is 35.4 Å². The minimum absolute atomic E-state index is 0.0356. The summed E-state index contributed by atoms with van der Waals surface area (Å²) in [4.78, 5) is 23.5. The van der Waals surface area contributed by atoms with Gasteiger partial charge in [0.25, 0.3) is 0 Å². The van der Waals surface area contributed by atoms with Crippen molar-refractivity contribution in [2.24, 2.45) is 0 Å². The Labute approximate surface area is 207 Å². The van der Waals surface area contributed by atoms with E-state index in [4.69, 9.17) is 9.72 Å². The highest BCUT2D eigenvalue weighted by molar-refractivity contribution is 7.22. The second kappa shape index (κ2) is 9.53. The maximum Gasteiger partial charge on any atom is 0.242 e. The number of piperazine rings is 1. The predicted molar refractivity (Wildman–Crippen MR) is 136 cm³/mol. The molecule has 182 valence electrons. The lowest BCUT2D eigenvalue weighted by Crippen LogP contribution is -2.51. The first kappa shape index (κ1) is 23.1. The first-order valence-corrected chi connectivity index (χ1v) is 12.2. The molecule has 0 saturated carbocycles. The average Bonchev–Trinajstić information content (AvgIpc) is 3.45. The largest absolute Gasteiger partial charge is 0.497 e. The van der Waals surface area contributed by atoms with Crippen LogP contribution >= 0.6 is 11.3 Å². The van der Waals surface area contributed by atoms with Crippen molar-refractivity contribution < 1.29 is 13.9 Å². The van der Waals surface area contributed by atoms with Gasteiger partial charge in [-0.1, -0.05) is 23.5 Å². The van der Waals surface area contributed by atoms with E-state index in [-0.39, 0.29) is 18.3 Å². The van der Waals surface area contributed by atoms with Crippen molar-refractivity contribution in [3.63, 3.8) is 0 Å². The van der Waals surface area contributed by atoms with Gasteiger partial charge in [0, 0.05) is 33.2 Å². The minimum Gasteiger partial charge on any atom is -0.497 e. The van der Waals surface area contributed by atoms with Gasteiger partial charge in [-0.05, 0) is 43.3 Å². The molecule has 0 radical (unpaired) electrons. The molecule has 1 aliphatic rings. The average molecular weight is 495 g/mol. The number of halogens is 1. The number of rotatable bonds is 6. The molecule has 1 saturated heterocycles. The van der Waals surface area contributed by atoms with Crippen LogP contribution < -0.4 is 14.5 Å². The quantitative estimate of drug-likeness (QED) is 0.407. The summed E-state index contributed by atoms with van der Waals surface area (Å²) in [5.74, 6) is 0.584. The molecule has 5 rings (SSSR count). The summed E-state index contributed by atoms with van der Waals surface area (Å²) in [6, 6.07) is 14.4. The van der Waals surface area contributed by atoms with Gasteiger partial charge in [0.15, 0.2) is 10.8 Å². The molecule has 3 heterocycles. The number of aryl methyl sites for hydroxylation is 1. The fourth-order valence-electron chi connectivity index (χ4n) is 4.27. The molecule has 0 N–H and O–H groups in total. The summed E-state index contributed by atoms with van der Waals surface area (Å²) in [6.45, 7) is 4.52. The molecule has 0 aliphatic carbocycles. The summed E-state index contributed by atoms with van der Waals surface area (Å²) < 4.78 is 22.2. The van der Waals surface area contributed by atoms with E-state index in [2.05, 4.69) is 5.10 Å². The molecule has 4 aromatic rings. The van der Waals surface area contributed by atoms with E-state index >= 15 is 0 Å². The van der Waals surface area contributed by atoms with Crippen LogP contribution in [-0.4, -0.2) is 72.5 Å². The van der Waals surface area contributed by atoms with Crippen LogP contribution in [-0.2, 0) is 4.79 Å². The van der Waals surface area contributed by atoms with E-state index in [1.165, 1.54) is 17.4 Å². The van der Waals surface area contributed by atoms with Gasteiger partial charge in [-0.25, -0.2) is 9.07 Å². The molecule has 0 unspecified atom stereocenters. The number of para-hydroxylation sites is 1. The summed E-state index contributed by atoms with van der Waals surface area (Å²) in [6.07, 6.45) is 0. The Bertz CT molecular complexity index is 1340. The van der Waals surface area contributed by atoms with E-state index in [0.717, 1.165) is 32.6 Å². The molecule has 35 heavy (non-hydrogen) atoms. The van der Waals surface area contributed by atoms with E-state index in [1.54, 1.807) is 19.2 Å². The van der Waals surface area contributed by atoms with Gasteiger partial charge in [0.2, 0.25) is 5.91 Å². The van der Waals surface area contributed by atoms with Gasteiger partial charge < -0.3 is 19.4 Å². The lowest BCUT2D eigenvalue weighted by atomic mass is 10.2. The number of carbonyl (C=O) groups is 1. The monoisotopic (exact) mass is 494 g/mol. The predicted octanol–water partition coefficient (Wildman–Crippen LogP) is 3.72. The van der Waals surface area contributed by atoms with Crippen molar-refractivity contribution in [3.8, 4) is 11.4 Å². The van der Waals surface area contributed by atoms with E-state index in [0.29, 0.717) is 31.9 Å². The van der Waals surface area contributed by atoms with E-state index in [1.807, 2.05) is 63.7 Å². The molecule has 8 nitrogen and oxygen atoms in total. The highest BCUT2D eigenvalue weighted by Crippen LogP contribution is 2.32. The Morgan fingerprint density at radius 2 is 1.83 bits per heavy atom. The molecule has 0 bridgehead atoms. The zero-order valence-corrected chi connectivity index (χ0v) is 20.8. The Morgan fingerprint density at radius 3 is 2.51 bits per heavy atom. The first-order valence-electron chi connectivity index (χ1n) is 11.4.